The van der Waals surface area contributed by atoms with E-state index in [1.165, 1.54) is 12.8 Å². The number of rotatable bonds is 3. The lowest BCUT2D eigenvalue weighted by molar-refractivity contribution is 0.535. The molecule has 0 radical (unpaired) electrons. The fourth-order valence-electron chi connectivity index (χ4n) is 1.83. The van der Waals surface area contributed by atoms with Crippen molar-refractivity contribution in [3.63, 3.8) is 0 Å². The minimum atomic E-state index is 0.489. The maximum Gasteiger partial charge on any atom is 0.126 e. The summed E-state index contributed by atoms with van der Waals surface area (Å²) in [5.74, 6) is 0.998. The molecule has 1 saturated carbocycles. The van der Waals surface area contributed by atoms with Gasteiger partial charge in [0.1, 0.15) is 5.82 Å². The summed E-state index contributed by atoms with van der Waals surface area (Å²) in [5, 5.41) is 3.49. The predicted molar refractivity (Wildman–Crippen MR) is 67.1 cm³/mol. The van der Waals surface area contributed by atoms with E-state index in [2.05, 4.69) is 46.1 Å². The summed E-state index contributed by atoms with van der Waals surface area (Å²) in [6.07, 6.45) is 2.50. The van der Waals surface area contributed by atoms with Gasteiger partial charge in [0.05, 0.1) is 5.69 Å². The van der Waals surface area contributed by atoms with Crippen molar-refractivity contribution in [3.05, 3.63) is 22.3 Å². The molecule has 3 heteroatoms. The first-order valence-corrected chi connectivity index (χ1v) is 6.24. The highest BCUT2D eigenvalue weighted by molar-refractivity contribution is 9.10. The van der Waals surface area contributed by atoms with E-state index in [1.54, 1.807) is 0 Å². The van der Waals surface area contributed by atoms with Crippen LogP contribution in [0.5, 0.6) is 0 Å². The minimum Gasteiger partial charge on any atom is -0.367 e. The van der Waals surface area contributed by atoms with Gasteiger partial charge in [-0.2, -0.15) is 0 Å². The Balaban J connectivity index is 2.04. The van der Waals surface area contributed by atoms with Gasteiger partial charge in [-0.3, -0.25) is 0 Å². The van der Waals surface area contributed by atoms with E-state index in [-0.39, 0.29) is 0 Å². The zero-order valence-corrected chi connectivity index (χ0v) is 11.1. The van der Waals surface area contributed by atoms with Crippen LogP contribution in [0, 0.1) is 12.3 Å². The Hall–Kier alpha value is -0.570. The third-order valence-corrected chi connectivity index (χ3v) is 4.34. The lowest BCUT2D eigenvalue weighted by Gasteiger charge is -2.10. The second-order valence-corrected chi connectivity index (χ2v) is 5.53. The largest absolute Gasteiger partial charge is 0.367 e. The molecule has 15 heavy (non-hydrogen) atoms. The maximum absolute atomic E-state index is 4.49. The number of hydrogen-bond acceptors (Lipinski definition) is 2. The van der Waals surface area contributed by atoms with Crippen molar-refractivity contribution in [3.8, 4) is 0 Å². The van der Waals surface area contributed by atoms with Crippen LogP contribution in [0.2, 0.25) is 0 Å². The number of aryl methyl sites for hydroxylation is 1. The quantitative estimate of drug-likeness (QED) is 0.903. The molecule has 1 aliphatic rings. The van der Waals surface area contributed by atoms with Crippen molar-refractivity contribution in [1.29, 1.82) is 0 Å². The summed E-state index contributed by atoms with van der Waals surface area (Å²) in [6.45, 7) is 6.60. The van der Waals surface area contributed by atoms with Gasteiger partial charge in [0.15, 0.2) is 0 Å². The Morgan fingerprint density at radius 3 is 2.87 bits per heavy atom. The maximum atomic E-state index is 4.49. The van der Waals surface area contributed by atoms with Crippen molar-refractivity contribution in [2.75, 3.05) is 5.32 Å². The van der Waals surface area contributed by atoms with Gasteiger partial charge in [-0.15, -0.1) is 0 Å². The fourth-order valence-corrected chi connectivity index (χ4v) is 2.05. The molecule has 1 heterocycles. The normalized spacial score (nSPS) is 28.9. The van der Waals surface area contributed by atoms with Crippen LogP contribution in [-0.4, -0.2) is 11.0 Å². The molecule has 0 spiro atoms. The molecule has 1 aliphatic carbocycles. The van der Waals surface area contributed by atoms with Crippen molar-refractivity contribution >= 4 is 21.7 Å². The third kappa shape index (κ3) is 2.17. The van der Waals surface area contributed by atoms with Gasteiger partial charge in [-0.25, -0.2) is 4.98 Å². The number of hydrogen-bond donors (Lipinski definition) is 1. The lowest BCUT2D eigenvalue weighted by Crippen LogP contribution is -2.11. The Morgan fingerprint density at radius 2 is 2.33 bits per heavy atom. The molecule has 1 aromatic rings. The number of pyridine rings is 1. The van der Waals surface area contributed by atoms with Crippen LogP contribution in [0.15, 0.2) is 16.6 Å². The fraction of sp³-hybridized carbons (Fsp3) is 0.583. The van der Waals surface area contributed by atoms with E-state index in [0.29, 0.717) is 11.5 Å². The Morgan fingerprint density at radius 1 is 1.60 bits per heavy atom. The zero-order chi connectivity index (χ0) is 11.1. The van der Waals surface area contributed by atoms with E-state index >= 15 is 0 Å². The summed E-state index contributed by atoms with van der Waals surface area (Å²) in [5.41, 5.74) is 1.53. The summed E-state index contributed by atoms with van der Waals surface area (Å²) < 4.78 is 1.07. The number of anilines is 1. The molecular formula is C12H17BrN2. The molecular weight excluding hydrogens is 252 g/mol. The van der Waals surface area contributed by atoms with Gasteiger partial charge in [0.2, 0.25) is 0 Å². The Kier molecular flexibility index (Phi) is 2.75. The van der Waals surface area contributed by atoms with Crippen molar-refractivity contribution in [2.24, 2.45) is 5.41 Å². The van der Waals surface area contributed by atoms with Gasteiger partial charge >= 0.3 is 0 Å². The average molecular weight is 269 g/mol. The van der Waals surface area contributed by atoms with Crippen LogP contribution >= 0.6 is 15.9 Å². The van der Waals surface area contributed by atoms with E-state index in [1.807, 2.05) is 13.0 Å². The van der Waals surface area contributed by atoms with Gasteiger partial charge in [0, 0.05) is 10.5 Å². The summed E-state index contributed by atoms with van der Waals surface area (Å²) in [4.78, 5) is 4.49. The van der Waals surface area contributed by atoms with Crippen LogP contribution in [0.1, 0.15) is 32.4 Å². The Labute approximate surface area is 99.6 Å². The molecule has 82 valence electrons. The first kappa shape index (κ1) is 10.9. The molecule has 2 nitrogen and oxygen atoms in total. The summed E-state index contributed by atoms with van der Waals surface area (Å²) in [7, 11) is 0. The van der Waals surface area contributed by atoms with Gasteiger partial charge in [0.25, 0.3) is 0 Å². The Bertz CT molecular complexity index is 378. The second kappa shape index (κ2) is 3.78. The van der Waals surface area contributed by atoms with Crippen LogP contribution in [0.25, 0.3) is 0 Å². The molecule has 1 aromatic heterocycles. The number of nitrogens with one attached hydrogen (secondary N) is 1. The standard InChI is InChI=1S/C12H17BrN2/c1-4-12(3)7-10(12)15-11-6-5-9(13)8(2)14-11/h5-6,10H,4,7H2,1-3H3,(H,14,15). The van der Waals surface area contributed by atoms with E-state index in [4.69, 9.17) is 0 Å². The molecule has 2 unspecified atom stereocenters. The van der Waals surface area contributed by atoms with Crippen LogP contribution in [-0.2, 0) is 0 Å². The SMILES string of the molecule is CCC1(C)CC1Nc1ccc(Br)c(C)n1. The second-order valence-electron chi connectivity index (χ2n) is 4.67. The van der Waals surface area contributed by atoms with E-state index in [0.717, 1.165) is 16.0 Å². The molecule has 1 fully saturated rings. The number of halogens is 1. The molecule has 0 bridgehead atoms. The highest BCUT2D eigenvalue weighted by Gasteiger charge is 2.48. The van der Waals surface area contributed by atoms with Gasteiger partial charge in [-0.05, 0) is 53.2 Å². The van der Waals surface area contributed by atoms with Crippen molar-refractivity contribution in [1.82, 2.24) is 4.98 Å². The highest BCUT2D eigenvalue weighted by Crippen LogP contribution is 2.49. The van der Waals surface area contributed by atoms with Crippen LogP contribution < -0.4 is 5.32 Å². The topological polar surface area (TPSA) is 24.9 Å². The smallest absolute Gasteiger partial charge is 0.126 e. The number of aromatic nitrogens is 1. The molecule has 2 rings (SSSR count). The van der Waals surface area contributed by atoms with E-state index < -0.39 is 0 Å². The van der Waals surface area contributed by atoms with Crippen molar-refractivity contribution < 1.29 is 0 Å². The predicted octanol–water partition coefficient (Wildman–Crippen LogP) is 3.75. The average Bonchev–Trinajstić information content (AvgIpc) is 2.84. The van der Waals surface area contributed by atoms with Gasteiger partial charge in [-0.1, -0.05) is 13.8 Å². The monoisotopic (exact) mass is 268 g/mol. The first-order valence-electron chi connectivity index (χ1n) is 5.45. The van der Waals surface area contributed by atoms with Crippen LogP contribution in [0.4, 0.5) is 5.82 Å². The van der Waals surface area contributed by atoms with Crippen LogP contribution in [0.3, 0.4) is 0 Å². The zero-order valence-electron chi connectivity index (χ0n) is 9.47. The third-order valence-electron chi connectivity index (χ3n) is 3.50. The summed E-state index contributed by atoms with van der Waals surface area (Å²) >= 11 is 3.46. The molecule has 0 aromatic carbocycles. The molecule has 1 N–H and O–H groups in total. The molecule has 0 saturated heterocycles. The van der Waals surface area contributed by atoms with Crippen molar-refractivity contribution in [2.45, 2.75) is 39.7 Å². The molecule has 0 aliphatic heterocycles. The molecule has 2 atom stereocenters. The minimum absolute atomic E-state index is 0.489. The summed E-state index contributed by atoms with van der Waals surface area (Å²) in [6, 6.07) is 4.69. The lowest BCUT2D eigenvalue weighted by atomic mass is 10.1. The van der Waals surface area contributed by atoms with Gasteiger partial charge < -0.3 is 5.32 Å². The highest BCUT2D eigenvalue weighted by atomic mass is 79.9. The first-order chi connectivity index (χ1) is 7.05. The number of nitrogens with zero attached hydrogens (tertiary/aromatic N) is 1. The van der Waals surface area contributed by atoms with E-state index in [9.17, 15) is 0 Å². The molecule has 0 amide bonds.